The van der Waals surface area contributed by atoms with Crippen molar-refractivity contribution < 1.29 is 9.53 Å². The van der Waals surface area contributed by atoms with E-state index in [0.29, 0.717) is 24.9 Å². The lowest BCUT2D eigenvalue weighted by Crippen LogP contribution is -2.45. The number of hydrogen-bond donors (Lipinski definition) is 0. The van der Waals surface area contributed by atoms with Gasteiger partial charge in [0, 0.05) is 32.7 Å². The molecule has 0 N–H and O–H groups in total. The van der Waals surface area contributed by atoms with Crippen LogP contribution in [-0.4, -0.2) is 43.5 Å². The summed E-state index contributed by atoms with van der Waals surface area (Å²) in [5, 5.41) is 0. The number of ether oxygens (including phenoxy) is 1. The molecule has 1 aliphatic heterocycles. The standard InChI is InChI=1S/C10H19NO2/c1-8(2)11-5-4-10(12)9(6-11)7-13-3/h8-9H,4-7H2,1-3H3/t9-/m1/s1. The maximum atomic E-state index is 11.4. The third-order valence-electron chi connectivity index (χ3n) is 2.65. The second-order valence-electron chi connectivity index (χ2n) is 3.96. The molecule has 13 heavy (non-hydrogen) atoms. The Morgan fingerprint density at radius 3 is 2.85 bits per heavy atom. The summed E-state index contributed by atoms with van der Waals surface area (Å²) < 4.78 is 5.03. The van der Waals surface area contributed by atoms with Crippen LogP contribution in [0.4, 0.5) is 0 Å². The lowest BCUT2D eigenvalue weighted by atomic mass is 9.96. The number of likely N-dealkylation sites (tertiary alicyclic amines) is 1. The summed E-state index contributed by atoms with van der Waals surface area (Å²) in [7, 11) is 1.65. The highest BCUT2D eigenvalue weighted by atomic mass is 16.5. The highest BCUT2D eigenvalue weighted by molar-refractivity contribution is 5.82. The highest BCUT2D eigenvalue weighted by Gasteiger charge is 2.27. The fourth-order valence-corrected chi connectivity index (χ4v) is 1.75. The van der Waals surface area contributed by atoms with Gasteiger partial charge >= 0.3 is 0 Å². The first-order chi connectivity index (χ1) is 6.15. The molecular formula is C10H19NO2. The summed E-state index contributed by atoms with van der Waals surface area (Å²) >= 11 is 0. The Hall–Kier alpha value is -0.410. The first-order valence-electron chi connectivity index (χ1n) is 4.91. The largest absolute Gasteiger partial charge is 0.384 e. The molecule has 1 heterocycles. The van der Waals surface area contributed by atoms with E-state index in [-0.39, 0.29) is 5.92 Å². The van der Waals surface area contributed by atoms with E-state index in [0.717, 1.165) is 13.1 Å². The van der Waals surface area contributed by atoms with Gasteiger partial charge in [-0.1, -0.05) is 0 Å². The first-order valence-corrected chi connectivity index (χ1v) is 4.91. The number of rotatable bonds is 3. The van der Waals surface area contributed by atoms with Crippen LogP contribution in [0.2, 0.25) is 0 Å². The molecule has 0 unspecified atom stereocenters. The van der Waals surface area contributed by atoms with Gasteiger partial charge in [-0.25, -0.2) is 0 Å². The van der Waals surface area contributed by atoms with Crippen molar-refractivity contribution in [3.05, 3.63) is 0 Å². The van der Waals surface area contributed by atoms with E-state index >= 15 is 0 Å². The molecule has 1 saturated heterocycles. The lowest BCUT2D eigenvalue weighted by Gasteiger charge is -2.34. The average Bonchev–Trinajstić information content (AvgIpc) is 2.08. The molecule has 0 radical (unpaired) electrons. The Labute approximate surface area is 80.1 Å². The topological polar surface area (TPSA) is 29.5 Å². The van der Waals surface area contributed by atoms with Gasteiger partial charge in [0.1, 0.15) is 5.78 Å². The van der Waals surface area contributed by atoms with E-state index in [1.54, 1.807) is 7.11 Å². The van der Waals surface area contributed by atoms with Gasteiger partial charge in [0.05, 0.1) is 12.5 Å². The Morgan fingerprint density at radius 1 is 1.62 bits per heavy atom. The van der Waals surface area contributed by atoms with Crippen LogP contribution in [-0.2, 0) is 9.53 Å². The van der Waals surface area contributed by atoms with E-state index in [1.165, 1.54) is 0 Å². The van der Waals surface area contributed by atoms with Crippen LogP contribution >= 0.6 is 0 Å². The molecule has 0 saturated carbocycles. The van der Waals surface area contributed by atoms with E-state index in [1.807, 2.05) is 0 Å². The SMILES string of the molecule is COC[C@H]1CN(C(C)C)CCC1=O. The number of hydrogen-bond acceptors (Lipinski definition) is 3. The molecular weight excluding hydrogens is 166 g/mol. The summed E-state index contributed by atoms with van der Waals surface area (Å²) in [5.74, 6) is 0.458. The molecule has 1 aliphatic rings. The van der Waals surface area contributed by atoms with Crippen LogP contribution in [0.25, 0.3) is 0 Å². The lowest BCUT2D eigenvalue weighted by molar-refractivity contribution is -0.128. The quantitative estimate of drug-likeness (QED) is 0.655. The van der Waals surface area contributed by atoms with Crippen molar-refractivity contribution in [2.45, 2.75) is 26.3 Å². The molecule has 0 aromatic rings. The molecule has 3 nitrogen and oxygen atoms in total. The molecule has 1 fully saturated rings. The Kier molecular flexibility index (Phi) is 3.88. The minimum atomic E-state index is 0.0983. The van der Waals surface area contributed by atoms with Crippen LogP contribution < -0.4 is 0 Å². The van der Waals surface area contributed by atoms with Crippen LogP contribution in [0.3, 0.4) is 0 Å². The van der Waals surface area contributed by atoms with Crippen molar-refractivity contribution in [1.29, 1.82) is 0 Å². The Bertz CT molecular complexity index is 180. The van der Waals surface area contributed by atoms with Crippen molar-refractivity contribution in [2.24, 2.45) is 5.92 Å². The number of carbonyl (C=O) groups excluding carboxylic acids is 1. The number of ketones is 1. The second kappa shape index (κ2) is 4.72. The zero-order valence-corrected chi connectivity index (χ0v) is 8.75. The van der Waals surface area contributed by atoms with Crippen molar-refractivity contribution in [3.8, 4) is 0 Å². The van der Waals surface area contributed by atoms with Crippen LogP contribution in [0, 0.1) is 5.92 Å². The zero-order chi connectivity index (χ0) is 9.84. The molecule has 0 aromatic carbocycles. The van der Waals surface area contributed by atoms with Crippen LogP contribution in [0.5, 0.6) is 0 Å². The molecule has 0 amide bonds. The van der Waals surface area contributed by atoms with Crippen molar-refractivity contribution in [1.82, 2.24) is 4.90 Å². The maximum Gasteiger partial charge on any atom is 0.140 e. The van der Waals surface area contributed by atoms with Gasteiger partial charge in [-0.15, -0.1) is 0 Å². The zero-order valence-electron chi connectivity index (χ0n) is 8.75. The maximum absolute atomic E-state index is 11.4. The molecule has 0 spiro atoms. The van der Waals surface area contributed by atoms with Gasteiger partial charge in [-0.2, -0.15) is 0 Å². The molecule has 76 valence electrons. The predicted molar refractivity (Wildman–Crippen MR) is 51.7 cm³/mol. The molecule has 0 aromatic heterocycles. The third-order valence-corrected chi connectivity index (χ3v) is 2.65. The number of Topliss-reactive ketones (excluding diaryl/α,β-unsaturated/α-hetero) is 1. The van der Waals surface area contributed by atoms with Gasteiger partial charge in [-0.05, 0) is 13.8 Å². The normalized spacial score (nSPS) is 25.5. The number of methoxy groups -OCH3 is 1. The minimum absolute atomic E-state index is 0.0983. The minimum Gasteiger partial charge on any atom is -0.384 e. The molecule has 1 atom stereocenters. The Morgan fingerprint density at radius 2 is 2.31 bits per heavy atom. The summed E-state index contributed by atoms with van der Waals surface area (Å²) in [6.45, 7) is 6.68. The molecule has 3 heteroatoms. The number of carbonyl (C=O) groups is 1. The smallest absolute Gasteiger partial charge is 0.140 e. The number of nitrogens with zero attached hydrogens (tertiary/aromatic N) is 1. The fraction of sp³-hybridized carbons (Fsp3) is 0.900. The summed E-state index contributed by atoms with van der Waals surface area (Å²) in [6.07, 6.45) is 0.687. The number of piperidine rings is 1. The van der Waals surface area contributed by atoms with E-state index in [4.69, 9.17) is 4.74 Å². The predicted octanol–water partition coefficient (Wildman–Crippen LogP) is 0.932. The van der Waals surface area contributed by atoms with Gasteiger partial charge in [0.15, 0.2) is 0 Å². The molecule has 0 bridgehead atoms. The fourth-order valence-electron chi connectivity index (χ4n) is 1.75. The van der Waals surface area contributed by atoms with E-state index < -0.39 is 0 Å². The van der Waals surface area contributed by atoms with Crippen molar-refractivity contribution in [2.75, 3.05) is 26.8 Å². The summed E-state index contributed by atoms with van der Waals surface area (Å²) in [4.78, 5) is 13.8. The highest BCUT2D eigenvalue weighted by Crippen LogP contribution is 2.15. The van der Waals surface area contributed by atoms with Gasteiger partial charge < -0.3 is 4.74 Å². The molecule has 0 aliphatic carbocycles. The van der Waals surface area contributed by atoms with Crippen molar-refractivity contribution >= 4 is 5.78 Å². The Balaban J connectivity index is 2.47. The first kappa shape index (κ1) is 10.7. The summed E-state index contributed by atoms with van der Waals surface area (Å²) in [5.41, 5.74) is 0. The average molecular weight is 185 g/mol. The van der Waals surface area contributed by atoms with Gasteiger partial charge in [-0.3, -0.25) is 9.69 Å². The monoisotopic (exact) mass is 185 g/mol. The van der Waals surface area contributed by atoms with Crippen LogP contribution in [0.1, 0.15) is 20.3 Å². The van der Waals surface area contributed by atoms with Gasteiger partial charge in [0.2, 0.25) is 0 Å². The van der Waals surface area contributed by atoms with Gasteiger partial charge in [0.25, 0.3) is 0 Å². The van der Waals surface area contributed by atoms with Crippen molar-refractivity contribution in [3.63, 3.8) is 0 Å². The third kappa shape index (κ3) is 2.78. The second-order valence-corrected chi connectivity index (χ2v) is 3.96. The van der Waals surface area contributed by atoms with E-state index in [2.05, 4.69) is 18.7 Å². The molecule has 1 rings (SSSR count). The van der Waals surface area contributed by atoms with E-state index in [9.17, 15) is 4.79 Å². The van der Waals surface area contributed by atoms with Crippen LogP contribution in [0.15, 0.2) is 0 Å². The summed E-state index contributed by atoms with van der Waals surface area (Å²) in [6, 6.07) is 0.535.